The van der Waals surface area contributed by atoms with Gasteiger partial charge in [0.25, 0.3) is 0 Å². The molecule has 5 heteroatoms. The van der Waals surface area contributed by atoms with Crippen molar-refractivity contribution in [2.75, 3.05) is 0 Å². The van der Waals surface area contributed by atoms with E-state index in [1.165, 1.54) is 12.3 Å². The molecule has 0 saturated heterocycles. The molecule has 3 heterocycles. The zero-order chi connectivity index (χ0) is 11.8. The molecule has 88 valence electrons. The molecule has 2 aromatic heterocycles. The fourth-order valence-corrected chi connectivity index (χ4v) is 2.10. The highest BCUT2D eigenvalue weighted by Gasteiger charge is 2.19. The number of hydrogen-bond acceptors (Lipinski definition) is 3. The molecule has 0 spiro atoms. The van der Waals surface area contributed by atoms with E-state index in [1.807, 2.05) is 4.68 Å². The van der Waals surface area contributed by atoms with Crippen LogP contribution in [0.4, 0.5) is 4.39 Å². The normalized spacial score (nSPS) is 19.1. The highest BCUT2D eigenvalue weighted by atomic mass is 19.1. The van der Waals surface area contributed by atoms with Crippen LogP contribution in [0.3, 0.4) is 0 Å². The predicted octanol–water partition coefficient (Wildman–Crippen LogP) is 1.58. The van der Waals surface area contributed by atoms with Crippen LogP contribution in [0, 0.1) is 5.82 Å². The summed E-state index contributed by atoms with van der Waals surface area (Å²) in [7, 11) is 0. The first-order valence-corrected chi connectivity index (χ1v) is 5.64. The summed E-state index contributed by atoms with van der Waals surface area (Å²) in [5.41, 5.74) is 2.86. The van der Waals surface area contributed by atoms with E-state index in [4.69, 9.17) is 0 Å². The summed E-state index contributed by atoms with van der Waals surface area (Å²) in [6.45, 7) is 3.76. The summed E-state index contributed by atoms with van der Waals surface area (Å²) in [6.07, 6.45) is 3.04. The molecule has 1 atom stereocenters. The molecule has 1 aliphatic heterocycles. The van der Waals surface area contributed by atoms with Crippen molar-refractivity contribution < 1.29 is 4.39 Å². The van der Waals surface area contributed by atoms with Gasteiger partial charge in [-0.05, 0) is 19.1 Å². The topological polar surface area (TPSA) is 42.7 Å². The Bertz CT molecular complexity index is 532. The van der Waals surface area contributed by atoms with Crippen LogP contribution >= 0.6 is 0 Å². The minimum atomic E-state index is -0.318. The largest absolute Gasteiger partial charge is 0.307 e. The standard InChI is InChI=1S/C12H13FN4/c1-8-7-17-12(6-14-8)10(5-16-17)11-3-2-9(13)4-15-11/h2-5,8,14H,6-7H2,1H3/t8-/m1/s1. The predicted molar refractivity (Wildman–Crippen MR) is 61.7 cm³/mol. The number of nitrogens with one attached hydrogen (secondary N) is 1. The molecule has 0 unspecified atom stereocenters. The van der Waals surface area contributed by atoms with E-state index < -0.39 is 0 Å². The zero-order valence-corrected chi connectivity index (χ0v) is 9.52. The second-order valence-electron chi connectivity index (χ2n) is 4.33. The first-order valence-electron chi connectivity index (χ1n) is 5.64. The highest BCUT2D eigenvalue weighted by molar-refractivity contribution is 5.61. The number of aromatic nitrogens is 3. The summed E-state index contributed by atoms with van der Waals surface area (Å²) in [5, 5.41) is 7.73. The third-order valence-electron chi connectivity index (χ3n) is 3.02. The van der Waals surface area contributed by atoms with Crippen LogP contribution in [0.2, 0.25) is 0 Å². The van der Waals surface area contributed by atoms with Crippen molar-refractivity contribution in [3.63, 3.8) is 0 Å². The van der Waals surface area contributed by atoms with Gasteiger partial charge in [0, 0.05) is 18.2 Å². The number of halogens is 1. The minimum absolute atomic E-state index is 0.318. The number of hydrogen-bond donors (Lipinski definition) is 1. The molecule has 2 aromatic rings. The van der Waals surface area contributed by atoms with Gasteiger partial charge in [-0.2, -0.15) is 5.10 Å². The van der Waals surface area contributed by atoms with Gasteiger partial charge in [0.2, 0.25) is 0 Å². The van der Waals surface area contributed by atoms with Crippen LogP contribution < -0.4 is 5.32 Å². The van der Waals surface area contributed by atoms with Gasteiger partial charge in [-0.1, -0.05) is 0 Å². The number of pyridine rings is 1. The average Bonchev–Trinajstić information content (AvgIpc) is 2.73. The van der Waals surface area contributed by atoms with Crippen molar-refractivity contribution in [1.82, 2.24) is 20.1 Å². The van der Waals surface area contributed by atoms with Gasteiger partial charge in [-0.25, -0.2) is 4.39 Å². The molecule has 0 fully saturated rings. The van der Waals surface area contributed by atoms with Gasteiger partial charge >= 0.3 is 0 Å². The Morgan fingerprint density at radius 1 is 1.41 bits per heavy atom. The van der Waals surface area contributed by atoms with Crippen molar-refractivity contribution >= 4 is 0 Å². The maximum Gasteiger partial charge on any atom is 0.141 e. The molecule has 3 rings (SSSR count). The molecule has 1 N–H and O–H groups in total. The summed E-state index contributed by atoms with van der Waals surface area (Å²) in [4.78, 5) is 4.09. The van der Waals surface area contributed by atoms with E-state index in [9.17, 15) is 4.39 Å². The second-order valence-corrected chi connectivity index (χ2v) is 4.33. The molecular weight excluding hydrogens is 219 g/mol. The van der Waals surface area contributed by atoms with E-state index in [0.29, 0.717) is 6.04 Å². The van der Waals surface area contributed by atoms with Crippen LogP contribution in [0.15, 0.2) is 24.5 Å². The molecule has 1 aliphatic rings. The van der Waals surface area contributed by atoms with Gasteiger partial charge in [0.15, 0.2) is 0 Å². The second kappa shape index (κ2) is 3.92. The Morgan fingerprint density at radius 2 is 2.29 bits per heavy atom. The van der Waals surface area contributed by atoms with Crippen molar-refractivity contribution in [3.05, 3.63) is 36.0 Å². The lowest BCUT2D eigenvalue weighted by molar-refractivity contribution is 0.390. The van der Waals surface area contributed by atoms with Crippen LogP contribution in [0.1, 0.15) is 12.6 Å². The third kappa shape index (κ3) is 1.82. The summed E-state index contributed by atoms with van der Waals surface area (Å²) < 4.78 is 14.8. The Labute approximate surface area is 98.5 Å². The summed E-state index contributed by atoms with van der Waals surface area (Å²) >= 11 is 0. The van der Waals surface area contributed by atoms with Crippen LogP contribution in [-0.2, 0) is 13.1 Å². The average molecular weight is 232 g/mol. The van der Waals surface area contributed by atoms with Crippen LogP contribution in [-0.4, -0.2) is 20.8 Å². The third-order valence-corrected chi connectivity index (χ3v) is 3.02. The van der Waals surface area contributed by atoms with E-state index in [2.05, 4.69) is 22.3 Å². The Morgan fingerprint density at radius 3 is 3.06 bits per heavy atom. The van der Waals surface area contributed by atoms with Crippen molar-refractivity contribution in [1.29, 1.82) is 0 Å². The van der Waals surface area contributed by atoms with Crippen molar-refractivity contribution in [3.8, 4) is 11.3 Å². The van der Waals surface area contributed by atoms with Gasteiger partial charge in [0.05, 0.1) is 30.3 Å². The molecule has 0 bridgehead atoms. The number of nitrogens with zero attached hydrogens (tertiary/aromatic N) is 3. The van der Waals surface area contributed by atoms with Crippen LogP contribution in [0.25, 0.3) is 11.3 Å². The number of fused-ring (bicyclic) bond motifs is 1. The Balaban J connectivity index is 2.02. The molecule has 0 aromatic carbocycles. The van der Waals surface area contributed by atoms with Gasteiger partial charge < -0.3 is 5.32 Å². The molecule has 0 radical (unpaired) electrons. The Hall–Kier alpha value is -1.75. The molecule has 4 nitrogen and oxygen atoms in total. The smallest absolute Gasteiger partial charge is 0.141 e. The van der Waals surface area contributed by atoms with Gasteiger partial charge in [-0.15, -0.1) is 0 Å². The van der Waals surface area contributed by atoms with Crippen molar-refractivity contribution in [2.24, 2.45) is 0 Å². The SMILES string of the molecule is C[C@@H]1Cn2ncc(-c3ccc(F)cn3)c2CN1. The lowest BCUT2D eigenvalue weighted by atomic mass is 10.1. The van der Waals surface area contributed by atoms with E-state index >= 15 is 0 Å². The fraction of sp³-hybridized carbons (Fsp3) is 0.333. The van der Waals surface area contributed by atoms with E-state index in [-0.39, 0.29) is 5.82 Å². The number of rotatable bonds is 1. The molecule has 0 amide bonds. The lowest BCUT2D eigenvalue weighted by Gasteiger charge is -2.22. The summed E-state index contributed by atoms with van der Waals surface area (Å²) in [6, 6.07) is 3.53. The highest BCUT2D eigenvalue weighted by Crippen LogP contribution is 2.23. The minimum Gasteiger partial charge on any atom is -0.307 e. The van der Waals surface area contributed by atoms with E-state index in [0.717, 1.165) is 30.0 Å². The molecule has 17 heavy (non-hydrogen) atoms. The Kier molecular flexibility index (Phi) is 2.40. The summed E-state index contributed by atoms with van der Waals surface area (Å²) in [5.74, 6) is -0.318. The fourth-order valence-electron chi connectivity index (χ4n) is 2.10. The first kappa shape index (κ1) is 10.4. The quantitative estimate of drug-likeness (QED) is 0.811. The zero-order valence-electron chi connectivity index (χ0n) is 9.52. The maximum absolute atomic E-state index is 12.8. The monoisotopic (exact) mass is 232 g/mol. The van der Waals surface area contributed by atoms with Gasteiger partial charge in [0.1, 0.15) is 5.82 Å². The maximum atomic E-state index is 12.8. The lowest BCUT2D eigenvalue weighted by Crippen LogP contribution is -2.36. The van der Waals surface area contributed by atoms with E-state index in [1.54, 1.807) is 12.3 Å². The molecule has 0 saturated carbocycles. The molecule has 0 aliphatic carbocycles. The van der Waals surface area contributed by atoms with Crippen LogP contribution in [0.5, 0.6) is 0 Å². The molecular formula is C12H13FN4. The van der Waals surface area contributed by atoms with Gasteiger partial charge in [-0.3, -0.25) is 9.67 Å². The first-order chi connectivity index (χ1) is 8.24. The van der Waals surface area contributed by atoms with Crippen molar-refractivity contribution in [2.45, 2.75) is 26.1 Å².